The van der Waals surface area contributed by atoms with Crippen molar-refractivity contribution in [3.05, 3.63) is 54.1 Å². The molecule has 3 rings (SSSR count). The lowest BCUT2D eigenvalue weighted by Gasteiger charge is -2.19. The van der Waals surface area contributed by atoms with Crippen molar-refractivity contribution < 1.29 is 0 Å². The highest BCUT2D eigenvalue weighted by Crippen LogP contribution is 2.33. The lowest BCUT2D eigenvalue weighted by molar-refractivity contribution is 1.18. The van der Waals surface area contributed by atoms with E-state index in [1.165, 1.54) is 4.70 Å². The van der Waals surface area contributed by atoms with E-state index in [4.69, 9.17) is 18.0 Å². The van der Waals surface area contributed by atoms with Crippen molar-refractivity contribution in [2.45, 2.75) is 0 Å². The van der Waals surface area contributed by atoms with Crippen LogP contribution in [0, 0.1) is 0 Å². The Morgan fingerprint density at radius 3 is 2.60 bits per heavy atom. The fourth-order valence-corrected chi connectivity index (χ4v) is 3.19. The molecule has 2 N–H and O–H groups in total. The third kappa shape index (κ3) is 2.26. The van der Waals surface area contributed by atoms with Crippen molar-refractivity contribution in [1.29, 1.82) is 0 Å². The molecule has 3 aromatic rings. The Balaban J connectivity index is 2.08. The number of anilines is 2. The van der Waals surface area contributed by atoms with E-state index < -0.39 is 0 Å². The third-order valence-corrected chi connectivity index (χ3v) is 4.43. The summed E-state index contributed by atoms with van der Waals surface area (Å²) in [6.45, 7) is 0. The lowest BCUT2D eigenvalue weighted by atomic mass is 10.1. The maximum absolute atomic E-state index is 5.79. The monoisotopic (exact) mass is 299 g/mol. The van der Waals surface area contributed by atoms with Gasteiger partial charge in [-0.05, 0) is 24.3 Å². The molecule has 100 valence electrons. The van der Waals surface area contributed by atoms with E-state index in [1.54, 1.807) is 11.3 Å². The zero-order valence-electron chi connectivity index (χ0n) is 10.9. The minimum absolute atomic E-state index is 0.397. The average molecular weight is 299 g/mol. The minimum atomic E-state index is 0.397. The molecular weight excluding hydrogens is 286 g/mol. The van der Waals surface area contributed by atoms with E-state index in [2.05, 4.69) is 11.1 Å². The van der Waals surface area contributed by atoms with Crippen molar-refractivity contribution in [3.8, 4) is 0 Å². The number of para-hydroxylation sites is 2. The number of nitrogens with two attached hydrogens (primary N) is 1. The van der Waals surface area contributed by atoms with Crippen LogP contribution in [-0.2, 0) is 0 Å². The molecule has 0 saturated carbocycles. The summed E-state index contributed by atoms with van der Waals surface area (Å²) in [7, 11) is 1.98. The average Bonchev–Trinajstić information content (AvgIpc) is 2.90. The zero-order valence-corrected chi connectivity index (χ0v) is 12.5. The molecule has 2 aromatic carbocycles. The summed E-state index contributed by atoms with van der Waals surface area (Å²) in [6, 6.07) is 15.9. The van der Waals surface area contributed by atoms with Crippen LogP contribution in [0.15, 0.2) is 48.5 Å². The largest absolute Gasteiger partial charge is 0.389 e. The van der Waals surface area contributed by atoms with Crippen molar-refractivity contribution in [3.63, 3.8) is 0 Å². The summed E-state index contributed by atoms with van der Waals surface area (Å²) < 4.78 is 1.17. The van der Waals surface area contributed by atoms with E-state index >= 15 is 0 Å². The molecule has 0 atom stereocenters. The molecule has 0 amide bonds. The summed E-state index contributed by atoms with van der Waals surface area (Å²) in [4.78, 5) is 7.07. The normalized spacial score (nSPS) is 10.7. The van der Waals surface area contributed by atoms with Crippen LogP contribution in [0.4, 0.5) is 10.8 Å². The summed E-state index contributed by atoms with van der Waals surface area (Å²) in [5.74, 6) is 0. The second kappa shape index (κ2) is 5.19. The molecule has 0 radical (unpaired) electrons. The molecular formula is C15H13N3S2. The number of thiocarbonyl (C=S) groups is 1. The van der Waals surface area contributed by atoms with Crippen LogP contribution in [-0.4, -0.2) is 17.0 Å². The van der Waals surface area contributed by atoms with Gasteiger partial charge in [0.25, 0.3) is 0 Å². The second-order valence-corrected chi connectivity index (χ2v) is 5.85. The molecule has 0 unspecified atom stereocenters. The van der Waals surface area contributed by atoms with Crippen LogP contribution in [0.3, 0.4) is 0 Å². The van der Waals surface area contributed by atoms with Crippen molar-refractivity contribution >= 4 is 49.6 Å². The number of rotatable bonds is 3. The molecule has 3 nitrogen and oxygen atoms in total. The molecule has 0 saturated heterocycles. The molecule has 0 spiro atoms. The van der Waals surface area contributed by atoms with Gasteiger partial charge >= 0.3 is 0 Å². The Morgan fingerprint density at radius 2 is 1.85 bits per heavy atom. The lowest BCUT2D eigenvalue weighted by Crippen LogP contribution is -2.17. The fourth-order valence-electron chi connectivity index (χ4n) is 2.08. The van der Waals surface area contributed by atoms with Gasteiger partial charge in [0.15, 0.2) is 5.13 Å². The van der Waals surface area contributed by atoms with Gasteiger partial charge in [-0.25, -0.2) is 4.98 Å². The third-order valence-electron chi connectivity index (χ3n) is 3.10. The highest BCUT2D eigenvalue weighted by molar-refractivity contribution is 7.80. The first-order valence-electron chi connectivity index (χ1n) is 6.15. The Bertz CT molecular complexity index is 746. The van der Waals surface area contributed by atoms with Gasteiger partial charge in [0.2, 0.25) is 0 Å². The first kappa shape index (κ1) is 13.0. The van der Waals surface area contributed by atoms with Crippen LogP contribution in [0.25, 0.3) is 10.2 Å². The summed E-state index contributed by atoms with van der Waals surface area (Å²) in [5, 5.41) is 0.926. The van der Waals surface area contributed by atoms with Gasteiger partial charge in [-0.15, -0.1) is 0 Å². The number of fused-ring (bicyclic) bond motifs is 1. The predicted octanol–water partition coefficient (Wildman–Crippen LogP) is 3.70. The maximum atomic E-state index is 5.79. The van der Waals surface area contributed by atoms with Gasteiger partial charge < -0.3 is 10.6 Å². The van der Waals surface area contributed by atoms with Gasteiger partial charge in [0.05, 0.1) is 15.9 Å². The maximum Gasteiger partial charge on any atom is 0.190 e. The first-order chi connectivity index (χ1) is 9.66. The summed E-state index contributed by atoms with van der Waals surface area (Å²) in [5.41, 5.74) is 8.64. The number of hydrogen-bond donors (Lipinski definition) is 1. The Labute approximate surface area is 126 Å². The van der Waals surface area contributed by atoms with E-state index in [9.17, 15) is 0 Å². The van der Waals surface area contributed by atoms with Gasteiger partial charge in [0, 0.05) is 12.6 Å². The first-order valence-corrected chi connectivity index (χ1v) is 7.37. The van der Waals surface area contributed by atoms with E-state index in [0.29, 0.717) is 4.99 Å². The standard InChI is InChI=1S/C15H13N3S2/c1-18(12-8-4-2-6-10(12)14(16)19)15-17-11-7-3-5-9-13(11)20-15/h2-9H,1H3,(H2,16,19). The quantitative estimate of drug-likeness (QED) is 0.749. The van der Waals surface area contributed by atoms with Crippen molar-refractivity contribution in [2.24, 2.45) is 5.73 Å². The number of benzene rings is 2. The number of aromatic nitrogens is 1. The zero-order chi connectivity index (χ0) is 14.1. The van der Waals surface area contributed by atoms with E-state index in [1.807, 2.05) is 54.4 Å². The van der Waals surface area contributed by atoms with Crippen LogP contribution in [0.5, 0.6) is 0 Å². The number of nitrogens with zero attached hydrogens (tertiary/aromatic N) is 2. The van der Waals surface area contributed by atoms with Crippen molar-refractivity contribution in [1.82, 2.24) is 4.98 Å². The summed E-state index contributed by atoms with van der Waals surface area (Å²) >= 11 is 6.77. The Hall–Kier alpha value is -1.98. The molecule has 20 heavy (non-hydrogen) atoms. The summed E-state index contributed by atoms with van der Waals surface area (Å²) in [6.07, 6.45) is 0. The Morgan fingerprint density at radius 1 is 1.15 bits per heavy atom. The van der Waals surface area contributed by atoms with Crippen LogP contribution in [0.1, 0.15) is 5.56 Å². The van der Waals surface area contributed by atoms with E-state index in [-0.39, 0.29) is 0 Å². The van der Waals surface area contributed by atoms with Gasteiger partial charge in [0.1, 0.15) is 4.99 Å². The molecule has 0 aliphatic carbocycles. The molecule has 0 fully saturated rings. The van der Waals surface area contributed by atoms with Crippen molar-refractivity contribution in [2.75, 3.05) is 11.9 Å². The molecule has 0 bridgehead atoms. The number of thiazole rings is 1. The van der Waals surface area contributed by atoms with Crippen LogP contribution < -0.4 is 10.6 Å². The topological polar surface area (TPSA) is 42.2 Å². The van der Waals surface area contributed by atoms with E-state index in [0.717, 1.165) is 21.9 Å². The minimum Gasteiger partial charge on any atom is -0.389 e. The molecule has 1 heterocycles. The SMILES string of the molecule is CN(c1nc2ccccc2s1)c1ccccc1C(N)=S. The highest BCUT2D eigenvalue weighted by atomic mass is 32.1. The second-order valence-electron chi connectivity index (χ2n) is 4.40. The molecule has 0 aliphatic rings. The van der Waals surface area contributed by atoms with Crippen LogP contribution in [0.2, 0.25) is 0 Å². The Kier molecular flexibility index (Phi) is 3.38. The molecule has 1 aromatic heterocycles. The van der Waals surface area contributed by atoms with Crippen LogP contribution >= 0.6 is 23.6 Å². The van der Waals surface area contributed by atoms with Gasteiger partial charge in [-0.1, -0.05) is 47.8 Å². The van der Waals surface area contributed by atoms with Gasteiger partial charge in [-0.2, -0.15) is 0 Å². The number of hydrogen-bond acceptors (Lipinski definition) is 4. The molecule has 0 aliphatic heterocycles. The smallest absolute Gasteiger partial charge is 0.190 e. The molecule has 5 heteroatoms. The predicted molar refractivity (Wildman–Crippen MR) is 90.0 cm³/mol. The van der Waals surface area contributed by atoms with Gasteiger partial charge in [-0.3, -0.25) is 0 Å². The fraction of sp³-hybridized carbons (Fsp3) is 0.0667. The highest BCUT2D eigenvalue weighted by Gasteiger charge is 2.14.